The summed E-state index contributed by atoms with van der Waals surface area (Å²) >= 11 is 0. The summed E-state index contributed by atoms with van der Waals surface area (Å²) in [7, 11) is 1.58. The molecule has 1 aromatic heterocycles. The topological polar surface area (TPSA) is 107 Å². The number of benzene rings is 2. The Morgan fingerprint density at radius 3 is 2.30 bits per heavy atom. The van der Waals surface area contributed by atoms with Crippen LogP contribution in [0.2, 0.25) is 0 Å². The van der Waals surface area contributed by atoms with Crippen molar-refractivity contribution in [1.82, 2.24) is 9.97 Å². The van der Waals surface area contributed by atoms with Crippen molar-refractivity contribution in [2.45, 2.75) is 0 Å². The highest BCUT2D eigenvalue weighted by Crippen LogP contribution is 2.27. The van der Waals surface area contributed by atoms with Gasteiger partial charge in [-0.3, -0.25) is 4.90 Å². The van der Waals surface area contributed by atoms with Crippen LogP contribution in [-0.4, -0.2) is 23.1 Å². The molecule has 3 aromatic rings. The highest BCUT2D eigenvalue weighted by molar-refractivity contribution is 5.98. The van der Waals surface area contributed by atoms with E-state index in [2.05, 4.69) is 21.8 Å². The lowest BCUT2D eigenvalue weighted by Gasteiger charge is -2.21. The molecule has 0 bridgehead atoms. The Labute approximate surface area is 156 Å². The molecule has 0 fully saturated rings. The highest BCUT2D eigenvalue weighted by Gasteiger charge is 2.15. The van der Waals surface area contributed by atoms with Gasteiger partial charge in [-0.2, -0.15) is 0 Å². The number of urea groups is 1. The number of ether oxygens (including phenoxy) is 1. The summed E-state index contributed by atoms with van der Waals surface area (Å²) in [5, 5.41) is 0. The Balaban J connectivity index is 1.92. The predicted molar refractivity (Wildman–Crippen MR) is 104 cm³/mol. The molecule has 0 aliphatic heterocycles. The minimum absolute atomic E-state index is 0.194. The first-order valence-corrected chi connectivity index (χ1v) is 8.00. The Morgan fingerprint density at radius 2 is 1.67 bits per heavy atom. The van der Waals surface area contributed by atoms with Crippen LogP contribution in [0.5, 0.6) is 5.75 Å². The predicted octanol–water partition coefficient (Wildman–Crippen LogP) is 2.68. The zero-order valence-corrected chi connectivity index (χ0v) is 14.6. The third-order valence-electron chi connectivity index (χ3n) is 3.68. The van der Waals surface area contributed by atoms with Gasteiger partial charge >= 0.3 is 6.03 Å². The van der Waals surface area contributed by atoms with E-state index in [1.807, 2.05) is 6.07 Å². The fourth-order valence-electron chi connectivity index (χ4n) is 2.40. The second kappa shape index (κ2) is 7.89. The number of nitrogen functional groups attached to an aromatic ring is 1. The molecule has 0 saturated heterocycles. The van der Waals surface area contributed by atoms with E-state index in [9.17, 15) is 4.79 Å². The first-order valence-electron chi connectivity index (χ1n) is 8.00. The standard InChI is InChI=1S/C20H17N5O2/c1-27-18-9-7-16(8-10-18)25(20(22)26)17-4-2-3-14(11-17)5-6-15-12-23-19(21)24-13-15/h2-4,7-13H,1H3,(H2,22,26)(H2,21,23,24). The van der Waals surface area contributed by atoms with Crippen LogP contribution in [-0.2, 0) is 0 Å². The van der Waals surface area contributed by atoms with Crippen LogP contribution in [0.25, 0.3) is 0 Å². The molecule has 7 nitrogen and oxygen atoms in total. The average Bonchev–Trinajstić information content (AvgIpc) is 2.68. The van der Waals surface area contributed by atoms with E-state index in [1.54, 1.807) is 62.0 Å². The number of carbonyl (C=O) groups excluding carboxylic acids is 1. The van der Waals surface area contributed by atoms with Gasteiger partial charge < -0.3 is 16.2 Å². The number of nitrogens with two attached hydrogens (primary N) is 2. The van der Waals surface area contributed by atoms with E-state index in [0.717, 1.165) is 0 Å². The number of aromatic nitrogens is 2. The average molecular weight is 359 g/mol. The summed E-state index contributed by atoms with van der Waals surface area (Å²) in [5.74, 6) is 6.85. The van der Waals surface area contributed by atoms with Crippen molar-refractivity contribution in [2.75, 3.05) is 17.7 Å². The highest BCUT2D eigenvalue weighted by atomic mass is 16.5. The molecule has 0 aliphatic carbocycles. The third kappa shape index (κ3) is 4.32. The minimum Gasteiger partial charge on any atom is -0.497 e. The van der Waals surface area contributed by atoms with E-state index in [1.165, 1.54) is 4.90 Å². The van der Waals surface area contributed by atoms with Gasteiger partial charge in [0, 0.05) is 18.0 Å². The first-order chi connectivity index (χ1) is 13.1. The smallest absolute Gasteiger partial charge is 0.323 e. The zero-order chi connectivity index (χ0) is 19.2. The van der Waals surface area contributed by atoms with Gasteiger partial charge in [0.15, 0.2) is 0 Å². The summed E-state index contributed by atoms with van der Waals surface area (Å²) < 4.78 is 5.14. The molecule has 2 amide bonds. The first kappa shape index (κ1) is 17.8. The zero-order valence-electron chi connectivity index (χ0n) is 14.6. The number of amides is 2. The van der Waals surface area contributed by atoms with Gasteiger partial charge in [-0.15, -0.1) is 0 Å². The fourth-order valence-corrected chi connectivity index (χ4v) is 2.40. The van der Waals surface area contributed by atoms with Crippen molar-refractivity contribution >= 4 is 23.4 Å². The molecule has 0 saturated carbocycles. The summed E-state index contributed by atoms with van der Waals surface area (Å²) in [6.45, 7) is 0. The molecular weight excluding hydrogens is 342 g/mol. The minimum atomic E-state index is -0.600. The molecule has 134 valence electrons. The van der Waals surface area contributed by atoms with E-state index < -0.39 is 6.03 Å². The summed E-state index contributed by atoms with van der Waals surface area (Å²) in [6, 6.07) is 13.6. The van der Waals surface area contributed by atoms with Crippen molar-refractivity contribution in [3.8, 4) is 17.6 Å². The lowest BCUT2D eigenvalue weighted by atomic mass is 10.1. The van der Waals surface area contributed by atoms with E-state index >= 15 is 0 Å². The van der Waals surface area contributed by atoms with Crippen LogP contribution in [0.15, 0.2) is 60.9 Å². The number of carbonyl (C=O) groups is 1. The third-order valence-corrected chi connectivity index (χ3v) is 3.68. The summed E-state index contributed by atoms with van der Waals surface area (Å²) in [5.41, 5.74) is 13.6. The molecule has 1 heterocycles. The monoisotopic (exact) mass is 359 g/mol. The molecule has 7 heteroatoms. The van der Waals surface area contributed by atoms with E-state index in [0.29, 0.717) is 28.3 Å². The van der Waals surface area contributed by atoms with Crippen LogP contribution in [0.3, 0.4) is 0 Å². The van der Waals surface area contributed by atoms with Gasteiger partial charge in [0.1, 0.15) is 5.75 Å². The Bertz CT molecular complexity index is 1010. The number of nitrogens with zero attached hydrogens (tertiary/aromatic N) is 3. The van der Waals surface area contributed by atoms with Gasteiger partial charge in [-0.25, -0.2) is 14.8 Å². The molecule has 2 aromatic carbocycles. The van der Waals surface area contributed by atoms with Gasteiger partial charge in [0.25, 0.3) is 0 Å². The number of rotatable bonds is 3. The molecule has 0 unspecified atom stereocenters. The Hall–Kier alpha value is -4.05. The van der Waals surface area contributed by atoms with Crippen LogP contribution in [0.4, 0.5) is 22.1 Å². The lowest BCUT2D eigenvalue weighted by Crippen LogP contribution is -2.31. The molecule has 3 rings (SSSR count). The number of hydrogen-bond acceptors (Lipinski definition) is 5. The molecule has 0 atom stereocenters. The van der Waals surface area contributed by atoms with Crippen molar-refractivity contribution in [3.05, 3.63) is 72.1 Å². The molecular formula is C20H17N5O2. The summed E-state index contributed by atoms with van der Waals surface area (Å²) in [4.78, 5) is 21.2. The van der Waals surface area contributed by atoms with Gasteiger partial charge in [0.2, 0.25) is 5.95 Å². The van der Waals surface area contributed by atoms with Crippen molar-refractivity contribution < 1.29 is 9.53 Å². The van der Waals surface area contributed by atoms with Crippen LogP contribution in [0.1, 0.15) is 11.1 Å². The summed E-state index contributed by atoms with van der Waals surface area (Å²) in [6.07, 6.45) is 3.10. The SMILES string of the molecule is COc1ccc(N(C(N)=O)c2cccc(C#Cc3cnc(N)nc3)c2)cc1. The van der Waals surface area contributed by atoms with Gasteiger partial charge in [-0.1, -0.05) is 17.9 Å². The van der Waals surface area contributed by atoms with Gasteiger partial charge in [0.05, 0.1) is 24.0 Å². The lowest BCUT2D eigenvalue weighted by molar-refractivity contribution is 0.256. The van der Waals surface area contributed by atoms with Gasteiger partial charge in [-0.05, 0) is 42.5 Å². The number of anilines is 3. The molecule has 4 N–H and O–H groups in total. The van der Waals surface area contributed by atoms with Crippen LogP contribution < -0.4 is 21.1 Å². The second-order valence-corrected chi connectivity index (χ2v) is 5.50. The maximum absolute atomic E-state index is 12.0. The van der Waals surface area contributed by atoms with Crippen molar-refractivity contribution in [1.29, 1.82) is 0 Å². The number of methoxy groups -OCH3 is 1. The largest absolute Gasteiger partial charge is 0.497 e. The molecule has 0 aliphatic rings. The molecule has 27 heavy (non-hydrogen) atoms. The normalized spacial score (nSPS) is 9.81. The van der Waals surface area contributed by atoms with Crippen molar-refractivity contribution in [2.24, 2.45) is 5.73 Å². The number of primary amides is 1. The Morgan fingerprint density at radius 1 is 1.00 bits per heavy atom. The van der Waals surface area contributed by atoms with E-state index in [4.69, 9.17) is 16.2 Å². The maximum Gasteiger partial charge on any atom is 0.323 e. The maximum atomic E-state index is 12.0. The van der Waals surface area contributed by atoms with E-state index in [-0.39, 0.29) is 5.95 Å². The molecule has 0 spiro atoms. The fraction of sp³-hybridized carbons (Fsp3) is 0.0500. The quantitative estimate of drug-likeness (QED) is 0.699. The molecule has 0 radical (unpaired) electrons. The number of hydrogen-bond donors (Lipinski definition) is 2. The van der Waals surface area contributed by atoms with Crippen molar-refractivity contribution in [3.63, 3.8) is 0 Å². The second-order valence-electron chi connectivity index (χ2n) is 5.50. The van der Waals surface area contributed by atoms with Crippen LogP contribution in [0, 0.1) is 11.8 Å². The Kier molecular flexibility index (Phi) is 5.19. The van der Waals surface area contributed by atoms with Crippen LogP contribution >= 0.6 is 0 Å².